The first-order chi connectivity index (χ1) is 12.9. The van der Waals surface area contributed by atoms with Crippen LogP contribution in [0.4, 0.5) is 18.9 Å². The molecule has 2 aliphatic rings. The smallest absolute Gasteiger partial charge is 0.379 e. The summed E-state index contributed by atoms with van der Waals surface area (Å²) in [5, 5.41) is 3.09. The Bertz CT molecular complexity index is 861. The van der Waals surface area contributed by atoms with Crippen LogP contribution in [-0.4, -0.2) is 37.0 Å². The zero-order chi connectivity index (χ0) is 19.0. The van der Waals surface area contributed by atoms with Gasteiger partial charge in [-0.3, -0.25) is 4.90 Å². The number of benzene rings is 2. The van der Waals surface area contributed by atoms with E-state index >= 15 is 0 Å². The largest absolute Gasteiger partial charge is 0.416 e. The van der Waals surface area contributed by atoms with Gasteiger partial charge in [0.2, 0.25) is 0 Å². The molecule has 0 saturated carbocycles. The summed E-state index contributed by atoms with van der Waals surface area (Å²) in [4.78, 5) is 6.95. The van der Waals surface area contributed by atoms with Crippen LogP contribution in [0.5, 0.6) is 0 Å². The van der Waals surface area contributed by atoms with E-state index in [9.17, 15) is 13.2 Å². The Morgan fingerprint density at radius 2 is 1.78 bits per heavy atom. The van der Waals surface area contributed by atoms with Crippen LogP contribution in [0.1, 0.15) is 22.9 Å². The predicted molar refractivity (Wildman–Crippen MR) is 101 cm³/mol. The zero-order valence-corrected chi connectivity index (χ0v) is 15.8. The van der Waals surface area contributed by atoms with Gasteiger partial charge in [0.25, 0.3) is 0 Å². The molecule has 142 valence electrons. The van der Waals surface area contributed by atoms with Gasteiger partial charge < -0.3 is 10.1 Å². The lowest BCUT2D eigenvalue weighted by atomic mass is 10.0. The first-order valence-corrected chi connectivity index (χ1v) is 9.35. The van der Waals surface area contributed by atoms with E-state index in [1.165, 1.54) is 6.07 Å². The first-order valence-electron chi connectivity index (χ1n) is 8.55. The molecule has 2 aromatic rings. The molecule has 2 heterocycles. The molecule has 2 aromatic carbocycles. The van der Waals surface area contributed by atoms with E-state index < -0.39 is 11.7 Å². The fourth-order valence-electron chi connectivity index (χ4n) is 3.27. The summed E-state index contributed by atoms with van der Waals surface area (Å²) < 4.78 is 45.9. The van der Waals surface area contributed by atoms with Crippen molar-refractivity contribution >= 4 is 27.5 Å². The molecule has 1 saturated heterocycles. The third-order valence-electron chi connectivity index (χ3n) is 4.67. The van der Waals surface area contributed by atoms with E-state index in [2.05, 4.69) is 26.1 Å². The van der Waals surface area contributed by atoms with Crippen LogP contribution in [0.3, 0.4) is 0 Å². The fourth-order valence-corrected chi connectivity index (χ4v) is 3.54. The van der Waals surface area contributed by atoms with E-state index in [1.807, 2.05) is 24.3 Å². The molecular weight excluding hydrogens is 423 g/mol. The number of nitrogens with zero attached hydrogens (tertiary/aromatic N) is 2. The number of anilines is 1. The maximum atomic E-state index is 13.2. The lowest BCUT2D eigenvalue weighted by Gasteiger charge is -2.36. The van der Waals surface area contributed by atoms with E-state index in [1.54, 1.807) is 0 Å². The first kappa shape index (κ1) is 18.5. The summed E-state index contributed by atoms with van der Waals surface area (Å²) in [6.45, 7) is 2.54. The topological polar surface area (TPSA) is 36.9 Å². The summed E-state index contributed by atoms with van der Waals surface area (Å²) in [6, 6.07) is 11.3. The number of ether oxygens (including phenoxy) is 1. The van der Waals surface area contributed by atoms with E-state index in [0.29, 0.717) is 37.8 Å². The van der Waals surface area contributed by atoms with Crippen LogP contribution in [0.15, 0.2) is 51.9 Å². The van der Waals surface area contributed by atoms with Gasteiger partial charge in [0.15, 0.2) is 0 Å². The molecular formula is C19H17BrF3N3O. The number of fused-ring (bicyclic) bond motifs is 1. The number of morpholine rings is 1. The van der Waals surface area contributed by atoms with Crippen molar-refractivity contribution in [2.24, 2.45) is 4.99 Å². The zero-order valence-electron chi connectivity index (χ0n) is 14.3. The minimum absolute atomic E-state index is 0.342. The van der Waals surface area contributed by atoms with Gasteiger partial charge in [-0.1, -0.05) is 34.1 Å². The van der Waals surface area contributed by atoms with Crippen LogP contribution >= 0.6 is 15.9 Å². The highest BCUT2D eigenvalue weighted by atomic mass is 79.9. The third kappa shape index (κ3) is 3.88. The highest BCUT2D eigenvalue weighted by Gasteiger charge is 2.34. The van der Waals surface area contributed by atoms with Crippen LogP contribution in [0.2, 0.25) is 0 Å². The highest BCUT2D eigenvalue weighted by molar-refractivity contribution is 9.10. The number of nitrogens with one attached hydrogen (secondary N) is 1. The minimum Gasteiger partial charge on any atom is -0.379 e. The summed E-state index contributed by atoms with van der Waals surface area (Å²) in [5.41, 5.74) is 1.33. The monoisotopic (exact) mass is 439 g/mol. The normalized spacial score (nSPS) is 20.6. The summed E-state index contributed by atoms with van der Waals surface area (Å²) in [5.74, 6) is 0.561. The van der Waals surface area contributed by atoms with Crippen molar-refractivity contribution in [2.45, 2.75) is 12.3 Å². The number of alkyl halides is 3. The number of halogens is 4. The SMILES string of the molecule is FC(F)(F)c1ccc2c(c1)NC(c1ccc(Br)cc1)=NC2N1CCOCC1. The molecule has 0 aromatic heterocycles. The highest BCUT2D eigenvalue weighted by Crippen LogP contribution is 2.38. The Kier molecular flexibility index (Phi) is 4.96. The van der Waals surface area contributed by atoms with Crippen LogP contribution in [0.25, 0.3) is 0 Å². The number of aliphatic imine (C=N–C) groups is 1. The molecule has 1 fully saturated rings. The predicted octanol–water partition coefficient (Wildman–Crippen LogP) is 4.67. The maximum Gasteiger partial charge on any atom is 0.416 e. The van der Waals surface area contributed by atoms with Crippen LogP contribution in [0, 0.1) is 0 Å². The number of rotatable bonds is 2. The van der Waals surface area contributed by atoms with Gasteiger partial charge in [-0.25, -0.2) is 4.99 Å². The molecule has 0 amide bonds. The van der Waals surface area contributed by atoms with Crippen molar-refractivity contribution in [3.63, 3.8) is 0 Å². The fraction of sp³-hybridized carbons (Fsp3) is 0.316. The van der Waals surface area contributed by atoms with Gasteiger partial charge in [-0.15, -0.1) is 0 Å². The molecule has 0 spiro atoms. The molecule has 27 heavy (non-hydrogen) atoms. The second kappa shape index (κ2) is 7.26. The van der Waals surface area contributed by atoms with E-state index in [0.717, 1.165) is 27.7 Å². The third-order valence-corrected chi connectivity index (χ3v) is 5.20. The van der Waals surface area contributed by atoms with E-state index in [4.69, 9.17) is 9.73 Å². The van der Waals surface area contributed by atoms with Crippen molar-refractivity contribution < 1.29 is 17.9 Å². The van der Waals surface area contributed by atoms with Gasteiger partial charge in [0, 0.05) is 34.4 Å². The molecule has 1 unspecified atom stereocenters. The average Bonchev–Trinajstić information content (AvgIpc) is 2.67. The maximum absolute atomic E-state index is 13.2. The average molecular weight is 440 g/mol. The molecule has 1 N–H and O–H groups in total. The summed E-state index contributed by atoms with van der Waals surface area (Å²) in [6.07, 6.45) is -4.73. The van der Waals surface area contributed by atoms with Gasteiger partial charge in [0.05, 0.1) is 18.8 Å². The second-order valence-corrected chi connectivity index (χ2v) is 7.35. The molecule has 0 aliphatic carbocycles. The molecule has 1 atom stereocenters. The quantitative estimate of drug-likeness (QED) is 0.738. The molecule has 4 rings (SSSR count). The Morgan fingerprint density at radius 3 is 2.44 bits per heavy atom. The number of amidine groups is 1. The van der Waals surface area contributed by atoms with Crippen molar-refractivity contribution in [3.8, 4) is 0 Å². The Balaban J connectivity index is 1.76. The van der Waals surface area contributed by atoms with E-state index in [-0.39, 0.29) is 6.17 Å². The summed E-state index contributed by atoms with van der Waals surface area (Å²) in [7, 11) is 0. The van der Waals surface area contributed by atoms with Gasteiger partial charge >= 0.3 is 6.18 Å². The Labute approximate surface area is 163 Å². The molecule has 4 nitrogen and oxygen atoms in total. The Morgan fingerprint density at radius 1 is 1.07 bits per heavy atom. The van der Waals surface area contributed by atoms with Gasteiger partial charge in [0.1, 0.15) is 12.0 Å². The lowest BCUT2D eigenvalue weighted by molar-refractivity contribution is -0.137. The molecule has 2 aliphatic heterocycles. The van der Waals surface area contributed by atoms with Gasteiger partial charge in [-0.2, -0.15) is 13.2 Å². The minimum atomic E-state index is -4.39. The van der Waals surface area contributed by atoms with Crippen molar-refractivity contribution in [3.05, 3.63) is 63.6 Å². The molecule has 0 bridgehead atoms. The van der Waals surface area contributed by atoms with Crippen LogP contribution < -0.4 is 5.32 Å². The number of hydrogen-bond acceptors (Lipinski definition) is 4. The van der Waals surface area contributed by atoms with Crippen molar-refractivity contribution in [1.82, 2.24) is 4.90 Å². The molecule has 0 radical (unpaired) electrons. The standard InChI is InChI=1S/C19H17BrF3N3O/c20-14-4-1-12(2-5-14)17-24-16-11-13(19(21,22)23)3-6-15(16)18(25-17)26-7-9-27-10-8-26/h1-6,11,18H,7-10H2,(H,24,25). The number of hydrogen-bond donors (Lipinski definition) is 1. The van der Waals surface area contributed by atoms with Crippen LogP contribution in [-0.2, 0) is 10.9 Å². The van der Waals surface area contributed by atoms with Gasteiger partial charge in [-0.05, 0) is 24.3 Å². The Hall–Kier alpha value is -1.90. The summed E-state index contributed by atoms with van der Waals surface area (Å²) >= 11 is 3.39. The van der Waals surface area contributed by atoms with Crippen molar-refractivity contribution in [1.29, 1.82) is 0 Å². The molecule has 8 heteroatoms. The van der Waals surface area contributed by atoms with Crippen molar-refractivity contribution in [2.75, 3.05) is 31.6 Å². The lowest BCUT2D eigenvalue weighted by Crippen LogP contribution is -2.40. The second-order valence-electron chi connectivity index (χ2n) is 6.43.